The van der Waals surface area contributed by atoms with Crippen molar-refractivity contribution in [3.8, 4) is 11.1 Å². The van der Waals surface area contributed by atoms with Crippen LogP contribution in [0.3, 0.4) is 0 Å². The Bertz CT molecular complexity index is 977. The first-order chi connectivity index (χ1) is 13.0. The highest BCUT2D eigenvalue weighted by molar-refractivity contribution is 7.05. The van der Waals surface area contributed by atoms with Crippen LogP contribution < -0.4 is 5.73 Å². The quantitative estimate of drug-likeness (QED) is 0.750. The lowest BCUT2D eigenvalue weighted by Crippen LogP contribution is -2.38. The lowest BCUT2D eigenvalue weighted by molar-refractivity contribution is 0.216. The van der Waals surface area contributed by atoms with Crippen LogP contribution in [-0.2, 0) is 5.41 Å². The van der Waals surface area contributed by atoms with Gasteiger partial charge in [-0.2, -0.15) is 4.37 Å². The number of urea groups is 1. The van der Waals surface area contributed by atoms with E-state index in [1.54, 1.807) is 17.9 Å². The number of benzene rings is 2. The molecule has 1 aliphatic heterocycles. The van der Waals surface area contributed by atoms with Crippen molar-refractivity contribution < 1.29 is 9.18 Å². The predicted molar refractivity (Wildman–Crippen MR) is 103 cm³/mol. The number of primary amides is 1. The first-order valence-corrected chi connectivity index (χ1v) is 9.46. The van der Waals surface area contributed by atoms with E-state index in [1.165, 1.54) is 17.9 Å². The Kier molecular flexibility index (Phi) is 4.39. The molecule has 0 bridgehead atoms. The summed E-state index contributed by atoms with van der Waals surface area (Å²) in [5.74, 6) is -0.272. The van der Waals surface area contributed by atoms with Crippen molar-refractivity contribution in [1.29, 1.82) is 0 Å². The van der Waals surface area contributed by atoms with Crippen molar-refractivity contribution >= 4 is 17.6 Å². The molecule has 5 nitrogen and oxygen atoms in total. The number of nitrogens with zero attached hydrogens (tertiary/aromatic N) is 3. The fourth-order valence-electron chi connectivity index (χ4n) is 3.83. The highest BCUT2D eigenvalue weighted by Gasteiger charge is 2.46. The zero-order valence-electron chi connectivity index (χ0n) is 14.9. The molecule has 0 aliphatic carbocycles. The summed E-state index contributed by atoms with van der Waals surface area (Å²) in [4.78, 5) is 17.8. The van der Waals surface area contributed by atoms with Crippen LogP contribution >= 0.6 is 11.5 Å². The Morgan fingerprint density at radius 2 is 2.07 bits per heavy atom. The van der Waals surface area contributed by atoms with Gasteiger partial charge in [-0.15, -0.1) is 0 Å². The molecule has 0 spiro atoms. The molecule has 7 heteroatoms. The average molecular weight is 382 g/mol. The van der Waals surface area contributed by atoms with Crippen LogP contribution in [0, 0.1) is 12.7 Å². The van der Waals surface area contributed by atoms with Crippen LogP contribution in [0.15, 0.2) is 48.8 Å². The molecule has 1 atom stereocenters. The summed E-state index contributed by atoms with van der Waals surface area (Å²) in [6.07, 6.45) is 2.12. The topological polar surface area (TPSA) is 72.1 Å². The van der Waals surface area contributed by atoms with Crippen LogP contribution in [0.4, 0.5) is 9.18 Å². The van der Waals surface area contributed by atoms with Crippen LogP contribution in [0.25, 0.3) is 11.1 Å². The van der Waals surface area contributed by atoms with Gasteiger partial charge in [0.05, 0.1) is 5.41 Å². The smallest absolute Gasteiger partial charge is 0.314 e. The number of amides is 2. The van der Waals surface area contributed by atoms with E-state index in [9.17, 15) is 9.18 Å². The van der Waals surface area contributed by atoms with Crippen LogP contribution in [-0.4, -0.2) is 33.4 Å². The van der Waals surface area contributed by atoms with E-state index in [-0.39, 0.29) is 5.82 Å². The van der Waals surface area contributed by atoms with Gasteiger partial charge >= 0.3 is 6.03 Å². The minimum Gasteiger partial charge on any atom is -0.351 e. The number of carbonyl (C=O) groups excluding carboxylic acids is 1. The summed E-state index contributed by atoms with van der Waals surface area (Å²) in [5, 5.41) is 0.770. The number of carbonyl (C=O) groups is 1. The van der Waals surface area contributed by atoms with Crippen LogP contribution in [0.2, 0.25) is 0 Å². The Morgan fingerprint density at radius 3 is 2.70 bits per heavy atom. The molecule has 2 aromatic carbocycles. The van der Waals surface area contributed by atoms with E-state index >= 15 is 0 Å². The molecule has 2 heterocycles. The van der Waals surface area contributed by atoms with E-state index in [4.69, 9.17) is 5.73 Å². The number of rotatable bonds is 3. The van der Waals surface area contributed by atoms with Gasteiger partial charge in [-0.25, -0.2) is 14.2 Å². The van der Waals surface area contributed by atoms with E-state index in [0.29, 0.717) is 25.1 Å². The molecule has 1 unspecified atom stereocenters. The highest BCUT2D eigenvalue weighted by Crippen LogP contribution is 2.45. The average Bonchev–Trinajstić information content (AvgIpc) is 3.35. The largest absolute Gasteiger partial charge is 0.351 e. The van der Waals surface area contributed by atoms with Gasteiger partial charge in [-0.3, -0.25) is 0 Å². The minimum absolute atomic E-state index is 0.272. The monoisotopic (exact) mass is 382 g/mol. The van der Waals surface area contributed by atoms with Gasteiger partial charge in [-0.1, -0.05) is 30.3 Å². The second-order valence-electron chi connectivity index (χ2n) is 6.85. The highest BCUT2D eigenvalue weighted by atomic mass is 32.1. The molecule has 4 rings (SSSR count). The molecular formula is C20H19FN4OS. The third-order valence-corrected chi connectivity index (χ3v) is 6.12. The van der Waals surface area contributed by atoms with Gasteiger partial charge in [0, 0.05) is 13.1 Å². The van der Waals surface area contributed by atoms with Gasteiger partial charge in [0.2, 0.25) is 0 Å². The Balaban J connectivity index is 1.96. The Labute approximate surface area is 160 Å². The summed E-state index contributed by atoms with van der Waals surface area (Å²) in [5.41, 5.74) is 8.24. The third kappa shape index (κ3) is 2.98. The molecule has 1 saturated heterocycles. The molecule has 138 valence electrons. The number of aromatic nitrogens is 2. The van der Waals surface area contributed by atoms with E-state index in [0.717, 1.165) is 21.7 Å². The second-order valence-corrected chi connectivity index (χ2v) is 7.63. The van der Waals surface area contributed by atoms with Gasteiger partial charge in [0.15, 0.2) is 0 Å². The van der Waals surface area contributed by atoms with E-state index < -0.39 is 11.4 Å². The molecule has 27 heavy (non-hydrogen) atoms. The summed E-state index contributed by atoms with van der Waals surface area (Å²) in [7, 11) is 0. The summed E-state index contributed by atoms with van der Waals surface area (Å²) < 4.78 is 18.8. The van der Waals surface area contributed by atoms with Crippen LogP contribution in [0.5, 0.6) is 0 Å². The fraction of sp³-hybridized carbons (Fsp3) is 0.250. The second kappa shape index (κ2) is 6.74. The van der Waals surface area contributed by atoms with Gasteiger partial charge in [-0.05, 0) is 59.3 Å². The van der Waals surface area contributed by atoms with Crippen molar-refractivity contribution in [2.24, 2.45) is 5.73 Å². The van der Waals surface area contributed by atoms with Gasteiger partial charge in [0.1, 0.15) is 17.2 Å². The molecule has 1 aliphatic rings. The molecule has 3 aromatic rings. The molecule has 1 fully saturated rings. The zero-order chi connectivity index (χ0) is 19.0. The maximum absolute atomic E-state index is 14.7. The first-order valence-electron chi connectivity index (χ1n) is 8.69. The maximum Gasteiger partial charge on any atom is 0.314 e. The number of nitrogens with two attached hydrogens (primary N) is 1. The Hall–Kier alpha value is -2.80. The normalized spacial score (nSPS) is 19.4. The first kappa shape index (κ1) is 17.6. The van der Waals surface area contributed by atoms with Crippen molar-refractivity contribution in [1.82, 2.24) is 14.3 Å². The van der Waals surface area contributed by atoms with Gasteiger partial charge < -0.3 is 10.6 Å². The van der Waals surface area contributed by atoms with Crippen molar-refractivity contribution in [3.05, 3.63) is 70.7 Å². The molecular weight excluding hydrogens is 363 g/mol. The SMILES string of the molecule is Cc1cc(-c2ccccc2)c(C2(c3ncns3)CCN(C(N)=O)C2)cc1F. The zero-order valence-corrected chi connectivity index (χ0v) is 15.7. The van der Waals surface area contributed by atoms with Crippen molar-refractivity contribution in [3.63, 3.8) is 0 Å². The summed E-state index contributed by atoms with van der Waals surface area (Å²) in [6, 6.07) is 12.9. The number of hydrogen-bond acceptors (Lipinski definition) is 4. The molecule has 2 N–H and O–H groups in total. The van der Waals surface area contributed by atoms with Crippen LogP contribution in [0.1, 0.15) is 22.6 Å². The summed E-state index contributed by atoms with van der Waals surface area (Å²) >= 11 is 1.28. The Morgan fingerprint density at radius 1 is 1.30 bits per heavy atom. The number of aryl methyl sites for hydroxylation is 1. The fourth-order valence-corrected chi connectivity index (χ4v) is 4.57. The lowest BCUT2D eigenvalue weighted by Gasteiger charge is -2.30. The van der Waals surface area contributed by atoms with E-state index in [1.807, 2.05) is 36.4 Å². The maximum atomic E-state index is 14.7. The van der Waals surface area contributed by atoms with Crippen molar-refractivity contribution in [2.45, 2.75) is 18.8 Å². The molecule has 0 saturated carbocycles. The minimum atomic E-state index is -0.629. The third-order valence-electron chi connectivity index (χ3n) is 5.25. The summed E-state index contributed by atoms with van der Waals surface area (Å²) in [6.45, 7) is 2.62. The molecule has 1 aromatic heterocycles. The predicted octanol–water partition coefficient (Wildman–Crippen LogP) is 3.72. The molecule has 2 amide bonds. The molecule has 0 radical (unpaired) electrons. The lowest BCUT2D eigenvalue weighted by atomic mass is 9.76. The number of halogens is 1. The standard InChI is InChI=1S/C20H19FN4OS/c1-13-9-15(14-5-3-2-4-6-14)16(10-17(13)21)20(18-23-12-24-27-18)7-8-25(11-20)19(22)26/h2-6,9-10,12H,7-8,11H2,1H3,(H2,22,26). The number of hydrogen-bond donors (Lipinski definition) is 1. The van der Waals surface area contributed by atoms with Crippen molar-refractivity contribution in [2.75, 3.05) is 13.1 Å². The number of likely N-dealkylation sites (tertiary alicyclic amines) is 1. The van der Waals surface area contributed by atoms with E-state index in [2.05, 4.69) is 9.36 Å². The van der Waals surface area contributed by atoms with Gasteiger partial charge in [0.25, 0.3) is 0 Å².